The Morgan fingerprint density at radius 3 is 2.75 bits per heavy atom. The number of aromatic hydroxyl groups is 1. The number of esters is 1. The number of carbonyl (C=O) groups excluding carboxylic acids is 1. The minimum absolute atomic E-state index is 0.0481. The van der Waals surface area contributed by atoms with Crippen LogP contribution in [0.1, 0.15) is 29.3 Å². The smallest absolute Gasteiger partial charge is 0.341 e. The van der Waals surface area contributed by atoms with Crippen molar-refractivity contribution in [3.63, 3.8) is 0 Å². The van der Waals surface area contributed by atoms with Gasteiger partial charge >= 0.3 is 5.97 Å². The fourth-order valence-corrected chi connectivity index (χ4v) is 3.28. The normalized spacial score (nSPS) is 11.3. The summed E-state index contributed by atoms with van der Waals surface area (Å²) in [5.41, 5.74) is 2.96. The van der Waals surface area contributed by atoms with Crippen LogP contribution in [0.15, 0.2) is 30.3 Å². The van der Waals surface area contributed by atoms with Gasteiger partial charge in [0.1, 0.15) is 11.3 Å². The molecule has 0 bridgehead atoms. The minimum Gasteiger partial charge on any atom is -0.506 e. The number of fused-ring (bicyclic) bond motifs is 3. The van der Waals surface area contributed by atoms with Crippen molar-refractivity contribution >= 4 is 27.8 Å². The Kier molecular flexibility index (Phi) is 4.44. The Hall–Kier alpha value is -2.53. The average Bonchev–Trinajstić information content (AvgIpc) is 2.89. The summed E-state index contributed by atoms with van der Waals surface area (Å²) in [5.74, 6) is -0.580. The molecule has 5 heteroatoms. The number of phenolic OH excluding ortho intramolecular Hbond substituents is 1. The first kappa shape index (κ1) is 16.3. The monoisotopic (exact) mass is 327 g/mol. The maximum absolute atomic E-state index is 12.2. The molecule has 1 heterocycles. The lowest BCUT2D eigenvalue weighted by atomic mass is 10.00. The van der Waals surface area contributed by atoms with Crippen molar-refractivity contribution in [3.05, 3.63) is 41.5 Å². The molecule has 0 atom stereocenters. The van der Waals surface area contributed by atoms with Crippen LogP contribution in [-0.2, 0) is 18.2 Å². The van der Waals surface area contributed by atoms with Gasteiger partial charge in [-0.05, 0) is 37.5 Å². The number of aryl methyl sites for hydroxylation is 2. The Labute approximate surface area is 140 Å². The number of aliphatic hydroxyl groups is 1. The van der Waals surface area contributed by atoms with Crippen LogP contribution in [0.25, 0.3) is 21.8 Å². The third-order valence-corrected chi connectivity index (χ3v) is 4.32. The maximum Gasteiger partial charge on any atom is 0.341 e. The molecule has 0 amide bonds. The number of hydrogen-bond donors (Lipinski definition) is 2. The lowest BCUT2D eigenvalue weighted by Gasteiger charge is -2.11. The minimum atomic E-state index is -0.532. The van der Waals surface area contributed by atoms with Crippen LogP contribution in [0.2, 0.25) is 0 Å². The molecule has 0 spiro atoms. The molecular formula is C19H21NO4. The highest BCUT2D eigenvalue weighted by atomic mass is 16.5. The van der Waals surface area contributed by atoms with Gasteiger partial charge in [0.15, 0.2) is 0 Å². The summed E-state index contributed by atoms with van der Waals surface area (Å²) >= 11 is 0. The van der Waals surface area contributed by atoms with E-state index in [2.05, 4.69) is 0 Å². The first-order valence-electron chi connectivity index (χ1n) is 8.10. The van der Waals surface area contributed by atoms with Crippen molar-refractivity contribution < 1.29 is 19.7 Å². The zero-order valence-corrected chi connectivity index (χ0v) is 13.9. The number of phenols is 1. The third-order valence-electron chi connectivity index (χ3n) is 4.32. The van der Waals surface area contributed by atoms with Gasteiger partial charge in [0.25, 0.3) is 0 Å². The average molecular weight is 327 g/mol. The lowest BCUT2D eigenvalue weighted by Crippen LogP contribution is -2.07. The molecule has 0 aliphatic carbocycles. The number of hydrogen-bond acceptors (Lipinski definition) is 4. The number of carbonyl (C=O) groups is 1. The summed E-state index contributed by atoms with van der Waals surface area (Å²) in [5, 5.41) is 21.5. The van der Waals surface area contributed by atoms with E-state index in [1.807, 2.05) is 35.9 Å². The largest absolute Gasteiger partial charge is 0.506 e. The topological polar surface area (TPSA) is 71.7 Å². The summed E-state index contributed by atoms with van der Waals surface area (Å²) < 4.78 is 7.10. The van der Waals surface area contributed by atoms with E-state index in [0.717, 1.165) is 22.0 Å². The van der Waals surface area contributed by atoms with Crippen LogP contribution in [0.4, 0.5) is 0 Å². The SMILES string of the molecule is CCOC(=O)c1cc(CCCO)c2c(c1O)c1ccccc1n2C. The van der Waals surface area contributed by atoms with Crippen molar-refractivity contribution in [2.45, 2.75) is 19.8 Å². The van der Waals surface area contributed by atoms with Gasteiger partial charge in [-0.1, -0.05) is 18.2 Å². The second kappa shape index (κ2) is 6.53. The number of para-hydroxylation sites is 1. The van der Waals surface area contributed by atoms with E-state index >= 15 is 0 Å². The number of ether oxygens (including phenoxy) is 1. The summed E-state index contributed by atoms with van der Waals surface area (Å²) in [6, 6.07) is 9.45. The van der Waals surface area contributed by atoms with Gasteiger partial charge in [-0.2, -0.15) is 0 Å². The fraction of sp³-hybridized carbons (Fsp3) is 0.316. The van der Waals surface area contributed by atoms with Gasteiger partial charge in [0.05, 0.1) is 17.5 Å². The Bertz CT molecular complexity index is 911. The second-order valence-corrected chi connectivity index (χ2v) is 5.78. The van der Waals surface area contributed by atoms with Crippen LogP contribution < -0.4 is 0 Å². The number of aromatic nitrogens is 1. The van der Waals surface area contributed by atoms with Crippen molar-refractivity contribution in [2.24, 2.45) is 7.05 Å². The first-order valence-corrected chi connectivity index (χ1v) is 8.10. The van der Waals surface area contributed by atoms with E-state index < -0.39 is 5.97 Å². The van der Waals surface area contributed by atoms with E-state index in [1.165, 1.54) is 0 Å². The first-order chi connectivity index (χ1) is 11.6. The lowest BCUT2D eigenvalue weighted by molar-refractivity contribution is 0.0523. The van der Waals surface area contributed by atoms with Gasteiger partial charge < -0.3 is 19.5 Å². The molecule has 0 radical (unpaired) electrons. The van der Waals surface area contributed by atoms with Gasteiger partial charge in [0.2, 0.25) is 0 Å². The Balaban J connectivity index is 2.38. The zero-order valence-electron chi connectivity index (χ0n) is 13.9. The molecule has 2 aromatic carbocycles. The van der Waals surface area contributed by atoms with Crippen LogP contribution in [-0.4, -0.2) is 34.0 Å². The van der Waals surface area contributed by atoms with Crippen molar-refractivity contribution in [2.75, 3.05) is 13.2 Å². The van der Waals surface area contributed by atoms with Crippen LogP contribution in [0, 0.1) is 0 Å². The fourth-order valence-electron chi connectivity index (χ4n) is 3.28. The highest BCUT2D eigenvalue weighted by Gasteiger charge is 2.22. The predicted molar refractivity (Wildman–Crippen MR) is 93.5 cm³/mol. The molecule has 2 N–H and O–H groups in total. The van der Waals surface area contributed by atoms with Crippen LogP contribution in [0.3, 0.4) is 0 Å². The standard InChI is InChI=1S/C19H21NO4/c1-3-24-19(23)14-11-12(7-6-10-21)17-16(18(14)22)13-8-4-5-9-15(13)20(17)2/h4-5,8-9,11,21-22H,3,6-7,10H2,1-2H3. The van der Waals surface area contributed by atoms with Crippen molar-refractivity contribution in [1.29, 1.82) is 0 Å². The molecule has 0 aliphatic heterocycles. The highest BCUT2D eigenvalue weighted by molar-refractivity contribution is 6.15. The van der Waals surface area contributed by atoms with Gasteiger partial charge in [0, 0.05) is 24.6 Å². The molecule has 3 rings (SSSR count). The zero-order chi connectivity index (χ0) is 17.3. The second-order valence-electron chi connectivity index (χ2n) is 5.78. The number of benzene rings is 2. The molecule has 0 fully saturated rings. The Morgan fingerprint density at radius 1 is 1.29 bits per heavy atom. The van der Waals surface area contributed by atoms with E-state index in [0.29, 0.717) is 18.2 Å². The number of nitrogens with zero attached hydrogens (tertiary/aromatic N) is 1. The van der Waals surface area contributed by atoms with Crippen molar-refractivity contribution in [1.82, 2.24) is 4.57 Å². The van der Waals surface area contributed by atoms with E-state index in [-0.39, 0.29) is 24.5 Å². The predicted octanol–water partition coefficient (Wildman–Crippen LogP) is 3.14. The molecule has 126 valence electrons. The summed E-state index contributed by atoms with van der Waals surface area (Å²) in [4.78, 5) is 12.2. The third kappa shape index (κ3) is 2.51. The quantitative estimate of drug-likeness (QED) is 0.706. The summed E-state index contributed by atoms with van der Waals surface area (Å²) in [7, 11) is 1.94. The van der Waals surface area contributed by atoms with Gasteiger partial charge in [-0.25, -0.2) is 4.79 Å². The molecule has 5 nitrogen and oxygen atoms in total. The van der Waals surface area contributed by atoms with Crippen molar-refractivity contribution in [3.8, 4) is 5.75 Å². The molecule has 24 heavy (non-hydrogen) atoms. The highest BCUT2D eigenvalue weighted by Crippen LogP contribution is 2.39. The molecular weight excluding hydrogens is 306 g/mol. The molecule has 0 aliphatic rings. The van der Waals surface area contributed by atoms with Crippen LogP contribution in [0.5, 0.6) is 5.75 Å². The molecule has 0 saturated carbocycles. The van der Waals surface area contributed by atoms with E-state index in [9.17, 15) is 15.0 Å². The van der Waals surface area contributed by atoms with Crippen LogP contribution >= 0.6 is 0 Å². The maximum atomic E-state index is 12.2. The molecule has 0 saturated heterocycles. The molecule has 3 aromatic rings. The van der Waals surface area contributed by atoms with Gasteiger partial charge in [-0.3, -0.25) is 0 Å². The summed E-state index contributed by atoms with van der Waals surface area (Å²) in [6.45, 7) is 2.05. The number of rotatable bonds is 5. The molecule has 1 aromatic heterocycles. The number of aliphatic hydroxyl groups excluding tert-OH is 1. The Morgan fingerprint density at radius 2 is 2.04 bits per heavy atom. The molecule has 0 unspecified atom stereocenters. The van der Waals surface area contributed by atoms with Gasteiger partial charge in [-0.15, -0.1) is 0 Å². The van der Waals surface area contributed by atoms with E-state index in [1.54, 1.807) is 13.0 Å². The summed E-state index contributed by atoms with van der Waals surface area (Å²) in [6.07, 6.45) is 1.20. The van der Waals surface area contributed by atoms with E-state index in [4.69, 9.17) is 4.74 Å².